The van der Waals surface area contributed by atoms with Crippen LogP contribution in [0.2, 0.25) is 0 Å². The van der Waals surface area contributed by atoms with Gasteiger partial charge in [0.05, 0.1) is 17.2 Å². The molecule has 0 aromatic heterocycles. The molecule has 3 aliphatic carbocycles. The van der Waals surface area contributed by atoms with E-state index >= 15 is 0 Å². The molecule has 0 amide bonds. The predicted molar refractivity (Wildman–Crippen MR) is 89.0 cm³/mol. The molecule has 0 radical (unpaired) electrons. The molecule has 1 atom stereocenters. The molecule has 25 heavy (non-hydrogen) atoms. The highest BCUT2D eigenvalue weighted by molar-refractivity contribution is 5.98. The van der Waals surface area contributed by atoms with Gasteiger partial charge in [-0.15, -0.1) is 0 Å². The molecule has 0 N–H and O–H groups in total. The third kappa shape index (κ3) is 2.22. The van der Waals surface area contributed by atoms with E-state index in [9.17, 15) is 13.6 Å². The minimum atomic E-state index is -0.787. The van der Waals surface area contributed by atoms with Gasteiger partial charge in [0.25, 0.3) is 0 Å². The van der Waals surface area contributed by atoms with Crippen LogP contribution in [0.5, 0.6) is 0 Å². The van der Waals surface area contributed by atoms with Crippen LogP contribution >= 0.6 is 0 Å². The van der Waals surface area contributed by atoms with E-state index in [1.165, 1.54) is 11.6 Å². The Balaban J connectivity index is 1.50. The number of rotatable bonds is 4. The molecular weight excluding hydrogens is 320 g/mol. The van der Waals surface area contributed by atoms with Crippen molar-refractivity contribution in [2.24, 2.45) is 11.3 Å². The third-order valence-electron chi connectivity index (χ3n) is 6.21. The van der Waals surface area contributed by atoms with Crippen LogP contribution in [0.1, 0.15) is 47.7 Å². The molecule has 3 saturated carbocycles. The first-order chi connectivity index (χ1) is 11.9. The summed E-state index contributed by atoms with van der Waals surface area (Å²) in [4.78, 5) is 12.7. The van der Waals surface area contributed by atoms with Crippen LogP contribution in [0.25, 0.3) is 0 Å². The first-order valence-electron chi connectivity index (χ1n) is 8.39. The molecule has 2 aromatic carbocycles. The van der Waals surface area contributed by atoms with Gasteiger partial charge in [-0.2, -0.15) is 5.26 Å². The Bertz CT molecular complexity index is 891. The lowest BCUT2D eigenvalue weighted by Gasteiger charge is -2.73. The number of Topliss-reactive ketones (excluding diaryl/α,β-unsaturated/α-hetero) is 1. The van der Waals surface area contributed by atoms with Gasteiger partial charge in [-0.1, -0.05) is 19.1 Å². The van der Waals surface area contributed by atoms with E-state index in [0.717, 1.165) is 31.4 Å². The smallest absolute Gasteiger partial charge is 0.169 e. The van der Waals surface area contributed by atoms with Crippen molar-refractivity contribution >= 4 is 5.78 Å². The number of nitrogens with zero attached hydrogens (tertiary/aromatic N) is 1. The molecule has 2 nitrogen and oxygen atoms in total. The number of carbonyl (C=O) groups is 1. The standard InChI is InChI=1S/C21H17F2NO/c1-13(19(25)17-7-6-16(22)8-18(17)23)20-10-21(11-20,12-20)15-4-2-14(9-24)3-5-15/h2-8,13H,10-12H2,1H3. The van der Waals surface area contributed by atoms with Gasteiger partial charge in [0.2, 0.25) is 0 Å². The molecule has 0 heterocycles. The minimum Gasteiger partial charge on any atom is -0.294 e. The summed E-state index contributed by atoms with van der Waals surface area (Å²) >= 11 is 0. The molecule has 0 spiro atoms. The van der Waals surface area contributed by atoms with E-state index in [2.05, 4.69) is 6.07 Å². The molecule has 0 saturated heterocycles. The molecule has 3 fully saturated rings. The Hall–Kier alpha value is -2.54. The fourth-order valence-electron chi connectivity index (χ4n) is 4.73. The maximum atomic E-state index is 13.9. The largest absolute Gasteiger partial charge is 0.294 e. The Morgan fingerprint density at radius 3 is 2.32 bits per heavy atom. The summed E-state index contributed by atoms with van der Waals surface area (Å²) < 4.78 is 27.0. The highest BCUT2D eigenvalue weighted by Crippen LogP contribution is 2.76. The maximum Gasteiger partial charge on any atom is 0.169 e. The van der Waals surface area contributed by atoms with Gasteiger partial charge in [0.15, 0.2) is 5.78 Å². The zero-order valence-electron chi connectivity index (χ0n) is 13.9. The molecule has 5 rings (SSSR count). The Kier molecular flexibility index (Phi) is 3.34. The molecule has 126 valence electrons. The van der Waals surface area contributed by atoms with Crippen LogP contribution in [-0.2, 0) is 5.41 Å². The monoisotopic (exact) mass is 337 g/mol. The van der Waals surface area contributed by atoms with E-state index < -0.39 is 11.6 Å². The second-order valence-electron chi connectivity index (χ2n) is 7.57. The van der Waals surface area contributed by atoms with E-state index in [0.29, 0.717) is 5.56 Å². The number of nitriles is 1. The summed E-state index contributed by atoms with van der Waals surface area (Å²) in [7, 11) is 0. The SMILES string of the molecule is CC(C(=O)c1ccc(F)cc1F)C12CC(c3ccc(C#N)cc3)(C1)C2. The van der Waals surface area contributed by atoms with Gasteiger partial charge < -0.3 is 0 Å². The number of carbonyl (C=O) groups excluding carboxylic acids is 1. The van der Waals surface area contributed by atoms with Gasteiger partial charge in [0, 0.05) is 12.0 Å². The topological polar surface area (TPSA) is 40.9 Å². The fraction of sp³-hybridized carbons (Fsp3) is 0.333. The quantitative estimate of drug-likeness (QED) is 0.754. The van der Waals surface area contributed by atoms with Crippen molar-refractivity contribution in [3.8, 4) is 6.07 Å². The summed E-state index contributed by atoms with van der Waals surface area (Å²) in [5, 5.41) is 8.89. The molecule has 3 aliphatic rings. The van der Waals surface area contributed by atoms with Crippen LogP contribution in [0.4, 0.5) is 8.78 Å². The Morgan fingerprint density at radius 2 is 1.76 bits per heavy atom. The first kappa shape index (κ1) is 16.0. The number of ketones is 1. The average Bonchev–Trinajstić information content (AvgIpc) is 2.52. The predicted octanol–water partition coefficient (Wildman–Crippen LogP) is 4.78. The molecule has 2 aromatic rings. The Labute approximate surface area is 145 Å². The van der Waals surface area contributed by atoms with Crippen molar-refractivity contribution in [1.82, 2.24) is 0 Å². The lowest BCUT2D eigenvalue weighted by atomic mass is 9.30. The molecule has 1 unspecified atom stereocenters. The zero-order valence-corrected chi connectivity index (χ0v) is 13.9. The van der Waals surface area contributed by atoms with Crippen molar-refractivity contribution in [3.63, 3.8) is 0 Å². The third-order valence-corrected chi connectivity index (χ3v) is 6.21. The highest BCUT2D eigenvalue weighted by Gasteiger charge is 2.70. The van der Waals surface area contributed by atoms with Crippen LogP contribution in [0.15, 0.2) is 42.5 Å². The summed E-state index contributed by atoms with van der Waals surface area (Å²) in [5.41, 5.74) is 1.85. The van der Waals surface area contributed by atoms with E-state index in [-0.39, 0.29) is 28.1 Å². The fourth-order valence-corrected chi connectivity index (χ4v) is 4.73. The van der Waals surface area contributed by atoms with Crippen molar-refractivity contribution in [2.45, 2.75) is 31.6 Å². The van der Waals surface area contributed by atoms with Gasteiger partial charge in [0.1, 0.15) is 11.6 Å². The van der Waals surface area contributed by atoms with Crippen molar-refractivity contribution in [2.75, 3.05) is 0 Å². The normalized spacial score (nSPS) is 27.6. The second kappa shape index (κ2) is 5.23. The van der Waals surface area contributed by atoms with E-state index in [4.69, 9.17) is 5.26 Å². The maximum absolute atomic E-state index is 13.9. The molecule has 4 heteroatoms. The Morgan fingerprint density at radius 1 is 1.12 bits per heavy atom. The van der Waals surface area contributed by atoms with Gasteiger partial charge in [-0.3, -0.25) is 4.79 Å². The van der Waals surface area contributed by atoms with E-state index in [1.807, 2.05) is 31.2 Å². The summed E-state index contributed by atoms with van der Waals surface area (Å²) in [6.45, 7) is 1.85. The highest BCUT2D eigenvalue weighted by atomic mass is 19.1. The number of benzene rings is 2. The lowest BCUT2D eigenvalue weighted by Crippen LogP contribution is -2.68. The van der Waals surface area contributed by atoms with Crippen molar-refractivity contribution in [1.29, 1.82) is 5.26 Å². The second-order valence-corrected chi connectivity index (χ2v) is 7.57. The molecule has 0 aliphatic heterocycles. The van der Waals surface area contributed by atoms with E-state index in [1.54, 1.807) is 0 Å². The van der Waals surface area contributed by atoms with Crippen molar-refractivity contribution < 1.29 is 13.6 Å². The molecule has 2 bridgehead atoms. The zero-order chi connectivity index (χ0) is 17.8. The van der Waals surface area contributed by atoms with Crippen LogP contribution in [0, 0.1) is 34.3 Å². The minimum absolute atomic E-state index is 0.0222. The van der Waals surface area contributed by atoms with Crippen LogP contribution in [-0.4, -0.2) is 5.78 Å². The van der Waals surface area contributed by atoms with Gasteiger partial charge >= 0.3 is 0 Å². The first-order valence-corrected chi connectivity index (χ1v) is 8.39. The summed E-state index contributed by atoms with van der Waals surface area (Å²) in [6, 6.07) is 12.9. The molecular formula is C21H17F2NO. The number of hydrogen-bond donors (Lipinski definition) is 0. The van der Waals surface area contributed by atoms with Crippen LogP contribution in [0.3, 0.4) is 0 Å². The lowest BCUT2D eigenvalue weighted by molar-refractivity contribution is -0.165. The number of hydrogen-bond acceptors (Lipinski definition) is 2. The van der Waals surface area contributed by atoms with Gasteiger partial charge in [-0.05, 0) is 59.9 Å². The summed E-state index contributed by atoms with van der Waals surface area (Å²) in [6.07, 6.45) is 2.71. The van der Waals surface area contributed by atoms with Gasteiger partial charge in [-0.25, -0.2) is 8.78 Å². The number of halogens is 2. The van der Waals surface area contributed by atoms with Crippen LogP contribution < -0.4 is 0 Å². The average molecular weight is 337 g/mol. The summed E-state index contributed by atoms with van der Waals surface area (Å²) in [5.74, 6) is -1.99. The van der Waals surface area contributed by atoms with Crippen molar-refractivity contribution in [3.05, 3.63) is 70.8 Å².